The second-order valence-corrected chi connectivity index (χ2v) is 6.36. The number of alkyl halides is 3. The molecule has 0 heterocycles. The highest BCUT2D eigenvalue weighted by Crippen LogP contribution is 2.30. The quantitative estimate of drug-likeness (QED) is 0.709. The maximum Gasteiger partial charge on any atom is 0.0774 e. The van der Waals surface area contributed by atoms with Gasteiger partial charge in [-0.1, -0.05) is 78.1 Å². The molecule has 3 heteroatoms. The lowest BCUT2D eigenvalue weighted by molar-refractivity contribution is 0.884. The third-order valence-electron chi connectivity index (χ3n) is 1.70. The highest BCUT2D eigenvalue weighted by molar-refractivity contribution is 9.24. The molecule has 1 aromatic carbocycles. The van der Waals surface area contributed by atoms with Gasteiger partial charge in [0.05, 0.1) is 3.74 Å². The van der Waals surface area contributed by atoms with Gasteiger partial charge in [-0.3, -0.25) is 0 Å². The van der Waals surface area contributed by atoms with Crippen molar-refractivity contribution in [3.63, 3.8) is 0 Å². The average molecular weight is 357 g/mol. The Hall–Kier alpha value is 0.660. The predicted octanol–water partition coefficient (Wildman–Crippen LogP) is 4.28. The first-order valence-corrected chi connectivity index (χ1v) is 6.60. The first kappa shape index (κ1) is 10.7. The second-order valence-electron chi connectivity index (χ2n) is 2.51. The molecule has 1 atom stereocenters. The summed E-state index contributed by atoms with van der Waals surface area (Å²) in [4.78, 5) is 0. The van der Waals surface area contributed by atoms with Gasteiger partial charge < -0.3 is 0 Å². The lowest BCUT2D eigenvalue weighted by Crippen LogP contribution is -2.07. The van der Waals surface area contributed by atoms with E-state index in [9.17, 15) is 0 Å². The summed E-state index contributed by atoms with van der Waals surface area (Å²) in [7, 11) is 0. The fraction of sp³-hybridized carbons (Fsp3) is 0.333. The summed E-state index contributed by atoms with van der Waals surface area (Å²) in [6.45, 7) is 0. The summed E-state index contributed by atoms with van der Waals surface area (Å²) < 4.78 is 0.326. The van der Waals surface area contributed by atoms with Crippen LogP contribution >= 0.6 is 47.8 Å². The summed E-state index contributed by atoms with van der Waals surface area (Å²) in [5, 5.41) is 0.957. The van der Waals surface area contributed by atoms with Crippen LogP contribution in [0.2, 0.25) is 0 Å². The van der Waals surface area contributed by atoms with Crippen LogP contribution in [-0.4, -0.2) is 9.07 Å². The number of hydrogen-bond donors (Lipinski definition) is 0. The predicted molar refractivity (Wildman–Crippen MR) is 64.6 cm³/mol. The van der Waals surface area contributed by atoms with Crippen molar-refractivity contribution in [2.45, 2.75) is 9.65 Å². The second kappa shape index (κ2) is 5.40. The van der Waals surface area contributed by atoms with Crippen LogP contribution in [0.1, 0.15) is 11.5 Å². The van der Waals surface area contributed by atoms with E-state index in [-0.39, 0.29) is 0 Å². The van der Waals surface area contributed by atoms with Gasteiger partial charge in [0, 0.05) is 11.2 Å². The first-order chi connectivity index (χ1) is 5.75. The van der Waals surface area contributed by atoms with Crippen molar-refractivity contribution in [1.29, 1.82) is 0 Å². The molecule has 0 bridgehead atoms. The van der Waals surface area contributed by atoms with Crippen LogP contribution in [0.5, 0.6) is 0 Å². The Morgan fingerprint density at radius 1 is 1.08 bits per heavy atom. The van der Waals surface area contributed by atoms with Crippen LogP contribution < -0.4 is 0 Å². The van der Waals surface area contributed by atoms with Gasteiger partial charge in [-0.2, -0.15) is 0 Å². The fourth-order valence-electron chi connectivity index (χ4n) is 1.00. The lowest BCUT2D eigenvalue weighted by Gasteiger charge is -2.15. The van der Waals surface area contributed by atoms with Crippen LogP contribution in [0, 0.1) is 0 Å². The van der Waals surface area contributed by atoms with Crippen molar-refractivity contribution in [2.24, 2.45) is 0 Å². The maximum atomic E-state index is 3.52. The van der Waals surface area contributed by atoms with Crippen LogP contribution in [0.15, 0.2) is 30.3 Å². The Bertz CT molecular complexity index is 220. The van der Waals surface area contributed by atoms with E-state index in [0.717, 1.165) is 5.33 Å². The van der Waals surface area contributed by atoms with Crippen LogP contribution in [-0.2, 0) is 0 Å². The number of rotatable bonds is 3. The smallest absolute Gasteiger partial charge is 0.0774 e. The molecule has 0 radical (unpaired) electrons. The number of benzene rings is 1. The summed E-state index contributed by atoms with van der Waals surface area (Å²) >= 11 is 10.5. The molecule has 0 aliphatic carbocycles. The van der Waals surface area contributed by atoms with Gasteiger partial charge in [-0.05, 0) is 5.56 Å². The molecule has 0 aromatic heterocycles. The minimum atomic E-state index is 0.326. The molecule has 0 aliphatic heterocycles. The van der Waals surface area contributed by atoms with Crippen molar-refractivity contribution in [1.82, 2.24) is 0 Å². The zero-order valence-corrected chi connectivity index (χ0v) is 11.1. The lowest BCUT2D eigenvalue weighted by atomic mass is 10.0. The van der Waals surface area contributed by atoms with Gasteiger partial charge in [0.2, 0.25) is 0 Å². The van der Waals surface area contributed by atoms with Gasteiger partial charge >= 0.3 is 0 Å². The molecule has 12 heavy (non-hydrogen) atoms. The average Bonchev–Trinajstić information content (AvgIpc) is 2.07. The summed E-state index contributed by atoms with van der Waals surface area (Å²) in [6, 6.07) is 10.4. The molecule has 0 fully saturated rings. The Morgan fingerprint density at radius 3 is 2.08 bits per heavy atom. The molecule has 66 valence electrons. The SMILES string of the molecule is BrCC(c1ccccc1)C(Br)Br. The Kier molecular flexibility index (Phi) is 4.84. The molecule has 1 aromatic rings. The van der Waals surface area contributed by atoms with E-state index in [1.165, 1.54) is 5.56 Å². The first-order valence-electron chi connectivity index (χ1n) is 3.64. The van der Waals surface area contributed by atoms with E-state index in [4.69, 9.17) is 0 Å². The Morgan fingerprint density at radius 2 is 1.67 bits per heavy atom. The molecule has 0 saturated heterocycles. The van der Waals surface area contributed by atoms with Crippen LogP contribution in [0.25, 0.3) is 0 Å². The molecule has 0 amide bonds. The zero-order valence-electron chi connectivity index (χ0n) is 6.38. The van der Waals surface area contributed by atoms with Gasteiger partial charge in [-0.15, -0.1) is 0 Å². The molecule has 0 nitrogen and oxygen atoms in total. The van der Waals surface area contributed by atoms with Crippen LogP contribution in [0.3, 0.4) is 0 Å². The van der Waals surface area contributed by atoms with Gasteiger partial charge in [0.25, 0.3) is 0 Å². The van der Waals surface area contributed by atoms with Crippen molar-refractivity contribution >= 4 is 47.8 Å². The van der Waals surface area contributed by atoms with E-state index in [0.29, 0.717) is 9.65 Å². The molecular weight excluding hydrogens is 348 g/mol. The van der Waals surface area contributed by atoms with E-state index in [2.05, 4.69) is 72.1 Å². The molecule has 1 rings (SSSR count). The summed E-state index contributed by atoms with van der Waals surface area (Å²) in [5.41, 5.74) is 1.34. The van der Waals surface area contributed by atoms with Crippen molar-refractivity contribution in [3.05, 3.63) is 35.9 Å². The monoisotopic (exact) mass is 354 g/mol. The van der Waals surface area contributed by atoms with E-state index < -0.39 is 0 Å². The minimum Gasteiger partial charge on any atom is -0.0921 e. The fourth-order valence-corrected chi connectivity index (χ4v) is 3.74. The summed E-state index contributed by atoms with van der Waals surface area (Å²) in [5.74, 6) is 0.478. The Balaban J connectivity index is 2.80. The molecular formula is C9H9Br3. The van der Waals surface area contributed by atoms with E-state index >= 15 is 0 Å². The zero-order chi connectivity index (χ0) is 8.97. The van der Waals surface area contributed by atoms with Crippen molar-refractivity contribution < 1.29 is 0 Å². The van der Waals surface area contributed by atoms with Gasteiger partial charge in [-0.25, -0.2) is 0 Å². The van der Waals surface area contributed by atoms with Crippen LogP contribution in [0.4, 0.5) is 0 Å². The minimum absolute atomic E-state index is 0.326. The maximum absolute atomic E-state index is 3.52. The van der Waals surface area contributed by atoms with Gasteiger partial charge in [0.15, 0.2) is 0 Å². The molecule has 1 unspecified atom stereocenters. The van der Waals surface area contributed by atoms with E-state index in [1.54, 1.807) is 0 Å². The molecule has 0 spiro atoms. The molecule has 0 N–H and O–H groups in total. The highest BCUT2D eigenvalue weighted by atomic mass is 79.9. The topological polar surface area (TPSA) is 0 Å². The number of halogens is 3. The standard InChI is InChI=1S/C9H9Br3/c10-6-8(9(11)12)7-4-2-1-3-5-7/h1-5,8-9H,6H2. The molecule has 0 saturated carbocycles. The van der Waals surface area contributed by atoms with Gasteiger partial charge in [0.1, 0.15) is 0 Å². The Labute approximate surface area is 98.1 Å². The largest absolute Gasteiger partial charge is 0.0921 e. The van der Waals surface area contributed by atoms with E-state index in [1.807, 2.05) is 6.07 Å². The van der Waals surface area contributed by atoms with Crippen molar-refractivity contribution in [2.75, 3.05) is 5.33 Å². The van der Waals surface area contributed by atoms with Crippen molar-refractivity contribution in [3.8, 4) is 0 Å². The normalized spacial score (nSPS) is 13.3. The third-order valence-corrected chi connectivity index (χ3v) is 3.67. The third kappa shape index (κ3) is 2.86. The highest BCUT2D eigenvalue weighted by Gasteiger charge is 2.16. The molecule has 0 aliphatic rings. The number of hydrogen-bond acceptors (Lipinski definition) is 0. The summed E-state index contributed by atoms with van der Waals surface area (Å²) in [6.07, 6.45) is 0.